The average molecular weight is 368 g/mol. The number of nitrogens with zero attached hydrogens (tertiary/aromatic N) is 2. The van der Waals surface area contributed by atoms with Gasteiger partial charge in [0, 0.05) is 28.9 Å². The minimum atomic E-state index is 0.677. The topological polar surface area (TPSA) is 26.5 Å². The van der Waals surface area contributed by atoms with Gasteiger partial charge in [-0.2, -0.15) is 0 Å². The molecule has 28 heavy (non-hydrogen) atoms. The van der Waals surface area contributed by atoms with Gasteiger partial charge in [-0.1, -0.05) is 30.3 Å². The van der Waals surface area contributed by atoms with Crippen LogP contribution < -0.4 is 4.74 Å². The van der Waals surface area contributed by atoms with Crippen molar-refractivity contribution in [1.82, 2.24) is 4.57 Å². The number of aromatic nitrogens is 1. The Kier molecular flexibility index (Phi) is 4.98. The average Bonchev–Trinajstić information content (AvgIpc) is 3.00. The van der Waals surface area contributed by atoms with Crippen LogP contribution >= 0.6 is 0 Å². The quantitative estimate of drug-likeness (QED) is 0.375. The highest BCUT2D eigenvalue weighted by atomic mass is 16.5. The Morgan fingerprint density at radius 2 is 1.64 bits per heavy atom. The smallest absolute Gasteiger partial charge is 0.119 e. The summed E-state index contributed by atoms with van der Waals surface area (Å²) in [5.74, 6) is 0.895. The molecule has 1 aromatic heterocycles. The maximum atomic E-state index is 5.55. The molecule has 0 amide bonds. The van der Waals surface area contributed by atoms with Gasteiger partial charge in [-0.25, -0.2) is 0 Å². The molecular formula is C25H24N2O. The number of rotatable bonds is 5. The fourth-order valence-electron chi connectivity index (χ4n) is 3.57. The van der Waals surface area contributed by atoms with Crippen molar-refractivity contribution in [2.75, 3.05) is 6.61 Å². The van der Waals surface area contributed by atoms with Crippen LogP contribution in [0.4, 0.5) is 5.69 Å². The zero-order valence-corrected chi connectivity index (χ0v) is 16.5. The molecule has 0 N–H and O–H groups in total. The maximum absolute atomic E-state index is 5.55. The number of benzene rings is 3. The summed E-state index contributed by atoms with van der Waals surface area (Å²) in [5.41, 5.74) is 5.57. The van der Waals surface area contributed by atoms with Gasteiger partial charge in [0.05, 0.1) is 12.3 Å². The third kappa shape index (κ3) is 3.56. The third-order valence-electron chi connectivity index (χ3n) is 4.96. The van der Waals surface area contributed by atoms with Gasteiger partial charge in [-0.3, -0.25) is 4.99 Å². The fraction of sp³-hybridized carbons (Fsp3) is 0.160. The first-order valence-corrected chi connectivity index (χ1v) is 9.61. The van der Waals surface area contributed by atoms with E-state index < -0.39 is 0 Å². The zero-order valence-electron chi connectivity index (χ0n) is 16.5. The molecule has 0 bridgehead atoms. The minimum absolute atomic E-state index is 0.677. The van der Waals surface area contributed by atoms with Crippen LogP contribution in [0.5, 0.6) is 5.75 Å². The fourth-order valence-corrected chi connectivity index (χ4v) is 3.57. The van der Waals surface area contributed by atoms with Crippen molar-refractivity contribution >= 4 is 22.7 Å². The SMILES string of the molecule is CCOc1ccc(-n2c(C)cc(C=Nc3ccc4ccccc4c3)c2C)cc1. The minimum Gasteiger partial charge on any atom is -0.494 e. The molecule has 0 saturated carbocycles. The Morgan fingerprint density at radius 3 is 2.39 bits per heavy atom. The molecule has 0 unspecified atom stereocenters. The van der Waals surface area contributed by atoms with E-state index in [1.165, 1.54) is 22.2 Å². The van der Waals surface area contributed by atoms with Gasteiger partial charge in [0.15, 0.2) is 0 Å². The molecule has 0 aliphatic heterocycles. The molecule has 3 aromatic carbocycles. The first-order chi connectivity index (χ1) is 13.7. The molecule has 0 aliphatic rings. The van der Waals surface area contributed by atoms with Crippen LogP contribution in [0, 0.1) is 13.8 Å². The first-order valence-electron chi connectivity index (χ1n) is 9.61. The van der Waals surface area contributed by atoms with E-state index in [-0.39, 0.29) is 0 Å². The molecule has 0 aliphatic carbocycles. The molecule has 3 heteroatoms. The summed E-state index contributed by atoms with van der Waals surface area (Å²) >= 11 is 0. The van der Waals surface area contributed by atoms with Crippen molar-refractivity contribution < 1.29 is 4.74 Å². The zero-order chi connectivity index (χ0) is 19.5. The predicted octanol–water partition coefficient (Wildman–Crippen LogP) is 6.40. The number of hydrogen-bond acceptors (Lipinski definition) is 2. The van der Waals surface area contributed by atoms with Crippen molar-refractivity contribution in [3.63, 3.8) is 0 Å². The van der Waals surface area contributed by atoms with Crippen LogP contribution in [-0.2, 0) is 0 Å². The summed E-state index contributed by atoms with van der Waals surface area (Å²) in [4.78, 5) is 4.72. The molecule has 0 fully saturated rings. The summed E-state index contributed by atoms with van der Waals surface area (Å²) in [6.45, 7) is 6.92. The van der Waals surface area contributed by atoms with Gasteiger partial charge in [-0.15, -0.1) is 0 Å². The number of ether oxygens (including phenoxy) is 1. The molecule has 0 radical (unpaired) electrons. The molecule has 4 rings (SSSR count). The molecular weight excluding hydrogens is 344 g/mol. The lowest BCUT2D eigenvalue weighted by Gasteiger charge is -2.11. The highest BCUT2D eigenvalue weighted by Gasteiger charge is 2.09. The Labute approximate surface area is 165 Å². The Hall–Kier alpha value is -3.33. The number of aryl methyl sites for hydroxylation is 1. The van der Waals surface area contributed by atoms with E-state index in [1.54, 1.807) is 0 Å². The second-order valence-corrected chi connectivity index (χ2v) is 6.88. The van der Waals surface area contributed by atoms with Crippen molar-refractivity contribution in [3.05, 3.63) is 89.7 Å². The summed E-state index contributed by atoms with van der Waals surface area (Å²) in [5, 5.41) is 2.44. The van der Waals surface area contributed by atoms with Crippen LogP contribution in [-0.4, -0.2) is 17.4 Å². The second-order valence-electron chi connectivity index (χ2n) is 6.88. The number of hydrogen-bond donors (Lipinski definition) is 0. The lowest BCUT2D eigenvalue weighted by Crippen LogP contribution is -2.00. The van der Waals surface area contributed by atoms with E-state index in [2.05, 4.69) is 79.1 Å². The maximum Gasteiger partial charge on any atom is 0.119 e. The molecule has 4 aromatic rings. The highest BCUT2D eigenvalue weighted by Crippen LogP contribution is 2.24. The monoisotopic (exact) mass is 368 g/mol. The van der Waals surface area contributed by atoms with Crippen molar-refractivity contribution in [1.29, 1.82) is 0 Å². The molecule has 0 atom stereocenters. The van der Waals surface area contributed by atoms with Gasteiger partial charge >= 0.3 is 0 Å². The van der Waals surface area contributed by atoms with E-state index in [0.717, 1.165) is 22.7 Å². The van der Waals surface area contributed by atoms with Crippen molar-refractivity contribution in [2.45, 2.75) is 20.8 Å². The van der Waals surface area contributed by atoms with Crippen molar-refractivity contribution in [2.24, 2.45) is 4.99 Å². The van der Waals surface area contributed by atoms with E-state index in [0.29, 0.717) is 6.61 Å². The van der Waals surface area contributed by atoms with Gasteiger partial charge in [0.1, 0.15) is 5.75 Å². The summed E-state index contributed by atoms with van der Waals surface area (Å²) in [6.07, 6.45) is 1.96. The molecule has 0 saturated heterocycles. The normalized spacial score (nSPS) is 11.4. The standard InChI is InChI=1S/C25H24N2O/c1-4-28-25-13-11-24(12-14-25)27-18(2)15-22(19(27)3)17-26-23-10-9-20-7-5-6-8-21(20)16-23/h5-17H,4H2,1-3H3. The summed E-state index contributed by atoms with van der Waals surface area (Å²) in [7, 11) is 0. The Bertz CT molecular complexity index is 1140. The first kappa shape index (κ1) is 18.1. The van der Waals surface area contributed by atoms with Crippen LogP contribution in [0.25, 0.3) is 16.5 Å². The lowest BCUT2D eigenvalue weighted by atomic mass is 10.1. The van der Waals surface area contributed by atoms with Crippen LogP contribution in [0.15, 0.2) is 77.8 Å². The van der Waals surface area contributed by atoms with Crippen LogP contribution in [0.3, 0.4) is 0 Å². The van der Waals surface area contributed by atoms with Crippen molar-refractivity contribution in [3.8, 4) is 11.4 Å². The van der Waals surface area contributed by atoms with Gasteiger partial charge in [0.2, 0.25) is 0 Å². The number of aliphatic imine (C=N–C) groups is 1. The third-order valence-corrected chi connectivity index (χ3v) is 4.96. The van der Waals surface area contributed by atoms with Crippen LogP contribution in [0.2, 0.25) is 0 Å². The molecule has 140 valence electrons. The Balaban J connectivity index is 1.63. The van der Waals surface area contributed by atoms with E-state index in [4.69, 9.17) is 9.73 Å². The van der Waals surface area contributed by atoms with Crippen LogP contribution in [0.1, 0.15) is 23.9 Å². The second kappa shape index (κ2) is 7.73. The van der Waals surface area contributed by atoms with Gasteiger partial charge < -0.3 is 9.30 Å². The number of fused-ring (bicyclic) bond motifs is 1. The molecule has 1 heterocycles. The highest BCUT2D eigenvalue weighted by molar-refractivity contribution is 5.88. The van der Waals surface area contributed by atoms with Gasteiger partial charge in [0.25, 0.3) is 0 Å². The lowest BCUT2D eigenvalue weighted by molar-refractivity contribution is 0.340. The largest absolute Gasteiger partial charge is 0.494 e. The predicted molar refractivity (Wildman–Crippen MR) is 118 cm³/mol. The Morgan fingerprint density at radius 1 is 0.893 bits per heavy atom. The summed E-state index contributed by atoms with van der Waals surface area (Å²) in [6, 6.07) is 25.0. The van der Waals surface area contributed by atoms with E-state index >= 15 is 0 Å². The van der Waals surface area contributed by atoms with E-state index in [9.17, 15) is 0 Å². The molecule has 3 nitrogen and oxygen atoms in total. The van der Waals surface area contributed by atoms with Gasteiger partial charge in [-0.05, 0) is 74.0 Å². The molecule has 0 spiro atoms. The van der Waals surface area contributed by atoms with E-state index in [1.807, 2.05) is 25.3 Å². The summed E-state index contributed by atoms with van der Waals surface area (Å²) < 4.78 is 7.80.